The number of hydrogen-bond acceptors (Lipinski definition) is 3. The lowest BCUT2D eigenvalue weighted by atomic mass is 10.2. The molecule has 0 saturated heterocycles. The summed E-state index contributed by atoms with van der Waals surface area (Å²) in [5.41, 5.74) is 3.17. The van der Waals surface area contributed by atoms with Crippen LogP contribution >= 0.6 is 0 Å². The van der Waals surface area contributed by atoms with Crippen molar-refractivity contribution in [2.24, 2.45) is 0 Å². The van der Waals surface area contributed by atoms with E-state index in [9.17, 15) is 4.79 Å². The number of nitrogens with one attached hydrogen (secondary N) is 1. The number of rotatable bonds is 4. The molecule has 2 rings (SSSR count). The fraction of sp³-hybridized carbons (Fsp3) is 0.333. The second-order valence-electron chi connectivity index (χ2n) is 4.54. The second-order valence-corrected chi connectivity index (χ2v) is 4.54. The van der Waals surface area contributed by atoms with Crippen LogP contribution in [0.15, 0.2) is 24.3 Å². The average molecular weight is 273 g/mol. The Kier molecular flexibility index (Phi) is 4.08. The Hall–Kier alpha value is -2.30. The number of ether oxygens (including phenoxy) is 1. The van der Waals surface area contributed by atoms with Gasteiger partial charge in [0.25, 0.3) is 5.91 Å². The van der Waals surface area contributed by atoms with E-state index in [2.05, 4.69) is 10.4 Å². The highest BCUT2D eigenvalue weighted by Gasteiger charge is 2.14. The summed E-state index contributed by atoms with van der Waals surface area (Å²) in [5, 5.41) is 7.31. The summed E-state index contributed by atoms with van der Waals surface area (Å²) in [6, 6.07) is 7.01. The molecule has 1 aromatic carbocycles. The number of anilines is 1. The molecule has 1 amide bonds. The molecule has 1 aromatic heterocycles. The molecule has 0 aliphatic carbocycles. The summed E-state index contributed by atoms with van der Waals surface area (Å²) in [6.45, 7) is 6.65. The van der Waals surface area contributed by atoms with Gasteiger partial charge >= 0.3 is 0 Å². The number of carbonyl (C=O) groups is 1. The van der Waals surface area contributed by atoms with Gasteiger partial charge in [0.2, 0.25) is 0 Å². The highest BCUT2D eigenvalue weighted by Crippen LogP contribution is 2.20. The van der Waals surface area contributed by atoms with Gasteiger partial charge in [-0.25, -0.2) is 0 Å². The Bertz CT molecular complexity index is 615. The first kappa shape index (κ1) is 14.1. The van der Waals surface area contributed by atoms with Gasteiger partial charge in [-0.05, 0) is 45.0 Å². The zero-order chi connectivity index (χ0) is 14.7. The fourth-order valence-electron chi connectivity index (χ4n) is 2.11. The van der Waals surface area contributed by atoms with E-state index in [0.717, 1.165) is 29.4 Å². The van der Waals surface area contributed by atoms with E-state index in [1.165, 1.54) is 0 Å². The maximum atomic E-state index is 12.2. The summed E-state index contributed by atoms with van der Waals surface area (Å²) in [6.07, 6.45) is 0. The number of carbonyl (C=O) groups excluding carboxylic acids is 1. The van der Waals surface area contributed by atoms with Crippen molar-refractivity contribution < 1.29 is 9.53 Å². The minimum absolute atomic E-state index is 0.144. The van der Waals surface area contributed by atoms with Crippen LogP contribution in [0.5, 0.6) is 5.75 Å². The predicted molar refractivity (Wildman–Crippen MR) is 78.3 cm³/mol. The molecule has 0 saturated carbocycles. The third kappa shape index (κ3) is 2.66. The van der Waals surface area contributed by atoms with Gasteiger partial charge in [0.05, 0.1) is 24.2 Å². The largest absolute Gasteiger partial charge is 0.497 e. The maximum Gasteiger partial charge on any atom is 0.255 e. The van der Waals surface area contributed by atoms with Crippen molar-refractivity contribution in [1.82, 2.24) is 9.78 Å². The topological polar surface area (TPSA) is 56.2 Å². The van der Waals surface area contributed by atoms with Crippen molar-refractivity contribution in [1.29, 1.82) is 0 Å². The lowest BCUT2D eigenvalue weighted by Crippen LogP contribution is -2.13. The first-order chi connectivity index (χ1) is 9.56. The van der Waals surface area contributed by atoms with E-state index in [-0.39, 0.29) is 5.91 Å². The third-order valence-corrected chi connectivity index (χ3v) is 3.27. The SMILES string of the molecule is CCn1nc(C)c(NC(=O)c2ccc(OC)cc2)c1C. The monoisotopic (exact) mass is 273 g/mol. The highest BCUT2D eigenvalue weighted by atomic mass is 16.5. The molecule has 0 fully saturated rings. The van der Waals surface area contributed by atoms with Gasteiger partial charge in [0, 0.05) is 12.1 Å². The van der Waals surface area contributed by atoms with Gasteiger partial charge in [-0.1, -0.05) is 0 Å². The van der Waals surface area contributed by atoms with Crippen LogP contribution in [0.3, 0.4) is 0 Å². The molecule has 0 aliphatic rings. The molecule has 5 nitrogen and oxygen atoms in total. The lowest BCUT2D eigenvalue weighted by molar-refractivity contribution is 0.102. The van der Waals surface area contributed by atoms with Crippen LogP contribution < -0.4 is 10.1 Å². The summed E-state index contributed by atoms with van der Waals surface area (Å²) < 4.78 is 6.95. The molecular formula is C15H19N3O2. The van der Waals surface area contributed by atoms with Gasteiger partial charge < -0.3 is 10.1 Å². The van der Waals surface area contributed by atoms with Crippen LogP contribution in [-0.4, -0.2) is 22.8 Å². The van der Waals surface area contributed by atoms with E-state index in [1.807, 2.05) is 25.5 Å². The normalized spacial score (nSPS) is 10.4. The van der Waals surface area contributed by atoms with Crippen molar-refractivity contribution in [3.8, 4) is 5.75 Å². The molecule has 0 atom stereocenters. The molecular weight excluding hydrogens is 254 g/mol. The van der Waals surface area contributed by atoms with Crippen LogP contribution in [-0.2, 0) is 6.54 Å². The molecule has 0 spiro atoms. The zero-order valence-electron chi connectivity index (χ0n) is 12.2. The summed E-state index contributed by atoms with van der Waals surface area (Å²) in [7, 11) is 1.60. The van der Waals surface area contributed by atoms with E-state index >= 15 is 0 Å². The number of amides is 1. The number of nitrogens with zero attached hydrogens (tertiary/aromatic N) is 2. The van der Waals surface area contributed by atoms with Crippen molar-refractivity contribution in [2.45, 2.75) is 27.3 Å². The Morgan fingerprint density at radius 1 is 1.30 bits per heavy atom. The number of hydrogen-bond donors (Lipinski definition) is 1. The van der Waals surface area contributed by atoms with Crippen molar-refractivity contribution >= 4 is 11.6 Å². The van der Waals surface area contributed by atoms with Crippen LogP contribution in [0, 0.1) is 13.8 Å². The predicted octanol–water partition coefficient (Wildman–Crippen LogP) is 2.78. The highest BCUT2D eigenvalue weighted by molar-refractivity contribution is 6.04. The Morgan fingerprint density at radius 3 is 2.45 bits per heavy atom. The number of aryl methyl sites for hydroxylation is 2. The Balaban J connectivity index is 2.20. The van der Waals surface area contributed by atoms with Crippen LogP contribution in [0.1, 0.15) is 28.7 Å². The molecule has 1 heterocycles. The molecule has 20 heavy (non-hydrogen) atoms. The summed E-state index contributed by atoms with van der Waals surface area (Å²) in [5.74, 6) is 0.585. The fourth-order valence-corrected chi connectivity index (χ4v) is 2.11. The van der Waals surface area contributed by atoms with Crippen LogP contribution in [0.2, 0.25) is 0 Å². The van der Waals surface area contributed by atoms with Gasteiger partial charge in [0.1, 0.15) is 5.75 Å². The van der Waals surface area contributed by atoms with Crippen molar-refractivity contribution in [3.05, 3.63) is 41.2 Å². The van der Waals surface area contributed by atoms with Crippen molar-refractivity contribution in [3.63, 3.8) is 0 Å². The minimum atomic E-state index is -0.144. The first-order valence-electron chi connectivity index (χ1n) is 6.56. The molecule has 106 valence electrons. The molecule has 0 bridgehead atoms. The van der Waals surface area contributed by atoms with Gasteiger partial charge in [-0.15, -0.1) is 0 Å². The van der Waals surface area contributed by atoms with Crippen molar-refractivity contribution in [2.75, 3.05) is 12.4 Å². The molecule has 5 heteroatoms. The van der Waals surface area contributed by atoms with Crippen LogP contribution in [0.25, 0.3) is 0 Å². The number of methoxy groups -OCH3 is 1. The lowest BCUT2D eigenvalue weighted by Gasteiger charge is -2.07. The Labute approximate surface area is 118 Å². The van der Waals surface area contributed by atoms with E-state index in [4.69, 9.17) is 4.74 Å². The van der Waals surface area contributed by atoms with Gasteiger partial charge in [0.15, 0.2) is 0 Å². The summed E-state index contributed by atoms with van der Waals surface area (Å²) in [4.78, 5) is 12.2. The molecule has 0 aliphatic heterocycles. The van der Waals surface area contributed by atoms with E-state index in [1.54, 1.807) is 31.4 Å². The molecule has 0 unspecified atom stereocenters. The molecule has 2 aromatic rings. The smallest absolute Gasteiger partial charge is 0.255 e. The Morgan fingerprint density at radius 2 is 1.95 bits per heavy atom. The number of aromatic nitrogens is 2. The van der Waals surface area contributed by atoms with E-state index in [0.29, 0.717) is 5.56 Å². The summed E-state index contributed by atoms with van der Waals surface area (Å²) >= 11 is 0. The zero-order valence-corrected chi connectivity index (χ0v) is 12.2. The quantitative estimate of drug-likeness (QED) is 0.932. The minimum Gasteiger partial charge on any atom is -0.497 e. The van der Waals surface area contributed by atoms with Gasteiger partial charge in [-0.2, -0.15) is 5.10 Å². The molecule has 1 N–H and O–H groups in total. The third-order valence-electron chi connectivity index (χ3n) is 3.27. The first-order valence-corrected chi connectivity index (χ1v) is 6.56. The average Bonchev–Trinajstić information content (AvgIpc) is 2.74. The number of benzene rings is 1. The maximum absolute atomic E-state index is 12.2. The van der Waals surface area contributed by atoms with E-state index < -0.39 is 0 Å². The molecule has 0 radical (unpaired) electrons. The van der Waals surface area contributed by atoms with Crippen LogP contribution in [0.4, 0.5) is 5.69 Å². The van der Waals surface area contributed by atoms with Gasteiger partial charge in [-0.3, -0.25) is 9.48 Å². The standard InChI is InChI=1S/C15H19N3O2/c1-5-18-11(3)14(10(2)17-18)16-15(19)12-6-8-13(20-4)9-7-12/h6-9H,5H2,1-4H3,(H,16,19). The second kappa shape index (κ2) is 5.77.